The maximum absolute atomic E-state index is 15.1. The highest BCUT2D eigenvalue weighted by atomic mass is 35.5. The van der Waals surface area contributed by atoms with Crippen LogP contribution in [-0.2, 0) is 6.42 Å². The van der Waals surface area contributed by atoms with E-state index in [2.05, 4.69) is 27.2 Å². The number of aryl methyl sites for hydroxylation is 1. The summed E-state index contributed by atoms with van der Waals surface area (Å²) in [6, 6.07) is 13.0. The summed E-state index contributed by atoms with van der Waals surface area (Å²) < 4.78 is 16.6. The third-order valence-corrected chi connectivity index (χ3v) is 7.39. The fraction of sp³-hybridized carbons (Fsp3) is 0.367. The Balaban J connectivity index is 1.52. The lowest BCUT2D eigenvalue weighted by Gasteiger charge is -2.15. The van der Waals surface area contributed by atoms with Crippen LogP contribution in [0.4, 0.5) is 4.39 Å². The first-order chi connectivity index (χ1) is 19.7. The molecule has 41 heavy (non-hydrogen) atoms. The number of aliphatic imine (C=N–C) groups is 1. The van der Waals surface area contributed by atoms with Gasteiger partial charge in [0.1, 0.15) is 5.65 Å². The summed E-state index contributed by atoms with van der Waals surface area (Å²) >= 11 is 6.24. The van der Waals surface area contributed by atoms with Gasteiger partial charge >= 0.3 is 5.69 Å². The van der Waals surface area contributed by atoms with E-state index in [-0.39, 0.29) is 29.5 Å². The van der Waals surface area contributed by atoms with Crippen molar-refractivity contribution in [2.75, 3.05) is 19.7 Å². The number of nitrogens with zero attached hydrogens (tertiary/aromatic N) is 3. The minimum absolute atomic E-state index is 0.0384. The van der Waals surface area contributed by atoms with Crippen LogP contribution in [0.1, 0.15) is 50.3 Å². The summed E-state index contributed by atoms with van der Waals surface area (Å²) in [5, 5.41) is 13.4. The molecule has 4 rings (SSSR count). The van der Waals surface area contributed by atoms with E-state index >= 15 is 4.39 Å². The smallest absolute Gasteiger partial charge is 0.354 e. The molecule has 0 saturated heterocycles. The van der Waals surface area contributed by atoms with Crippen molar-refractivity contribution >= 4 is 28.6 Å². The lowest BCUT2D eigenvalue weighted by atomic mass is 9.99. The molecule has 9 nitrogen and oxygen atoms in total. The van der Waals surface area contributed by atoms with Gasteiger partial charge in [0.2, 0.25) is 0 Å². The number of nitrogens with two attached hydrogens (primary N) is 2. The topological polar surface area (TPSA) is 147 Å². The lowest BCUT2D eigenvalue weighted by Crippen LogP contribution is -2.24. The molecule has 0 fully saturated rings. The van der Waals surface area contributed by atoms with E-state index in [0.29, 0.717) is 40.9 Å². The molecular weight excluding hydrogens is 545 g/mol. The molecular formula is C30H37ClFN7O2. The van der Waals surface area contributed by atoms with E-state index in [1.54, 1.807) is 24.4 Å². The van der Waals surface area contributed by atoms with E-state index in [1.807, 2.05) is 31.2 Å². The Morgan fingerprint density at radius 1 is 1.20 bits per heavy atom. The predicted octanol–water partition coefficient (Wildman–Crippen LogP) is 4.44. The summed E-state index contributed by atoms with van der Waals surface area (Å²) in [6.45, 7) is 5.52. The number of guanidine groups is 1. The second-order valence-electron chi connectivity index (χ2n) is 10.4. The largest absolute Gasteiger partial charge is 0.396 e. The van der Waals surface area contributed by atoms with Crippen LogP contribution in [0.2, 0.25) is 5.02 Å². The van der Waals surface area contributed by atoms with Gasteiger partial charge in [-0.15, -0.1) is 0 Å². The van der Waals surface area contributed by atoms with Gasteiger partial charge in [0.25, 0.3) is 0 Å². The molecule has 0 amide bonds. The van der Waals surface area contributed by atoms with Crippen molar-refractivity contribution in [3.05, 3.63) is 81.1 Å². The van der Waals surface area contributed by atoms with Crippen molar-refractivity contribution < 1.29 is 9.50 Å². The van der Waals surface area contributed by atoms with Gasteiger partial charge in [-0.05, 0) is 86.5 Å². The maximum atomic E-state index is 15.1. The SMILES string of the molecule is C[C@@H](CO)CCCc1cc(Cl)c(F)c(-c2cc3cn(-c4ccc([C@H](C)NCCCN=C(N)N)cc4)c(=O)nc3[nH]2)c1. The highest BCUT2D eigenvalue weighted by molar-refractivity contribution is 6.31. The number of halogens is 2. The van der Waals surface area contributed by atoms with Crippen molar-refractivity contribution in [2.24, 2.45) is 22.4 Å². The molecule has 2 atom stereocenters. The van der Waals surface area contributed by atoms with Crippen molar-refractivity contribution in [1.29, 1.82) is 0 Å². The first-order valence-corrected chi connectivity index (χ1v) is 14.1. The van der Waals surface area contributed by atoms with Crippen LogP contribution in [0.15, 0.2) is 58.4 Å². The molecule has 218 valence electrons. The van der Waals surface area contributed by atoms with Crippen LogP contribution in [0.5, 0.6) is 0 Å². The van der Waals surface area contributed by atoms with Gasteiger partial charge in [0.15, 0.2) is 11.8 Å². The molecule has 2 aromatic carbocycles. The second kappa shape index (κ2) is 13.8. The fourth-order valence-corrected chi connectivity index (χ4v) is 4.95. The van der Waals surface area contributed by atoms with Crippen molar-refractivity contribution in [3.63, 3.8) is 0 Å². The molecule has 0 saturated carbocycles. The summed E-state index contributed by atoms with van der Waals surface area (Å²) in [5.41, 5.74) is 14.1. The molecule has 2 heterocycles. The van der Waals surface area contributed by atoms with Crippen LogP contribution in [-0.4, -0.2) is 45.3 Å². The number of hydrogen-bond donors (Lipinski definition) is 5. The zero-order valence-electron chi connectivity index (χ0n) is 23.3. The average Bonchev–Trinajstić information content (AvgIpc) is 3.36. The molecule has 4 aromatic rings. The maximum Gasteiger partial charge on any atom is 0.354 e. The van der Waals surface area contributed by atoms with Gasteiger partial charge < -0.3 is 26.9 Å². The minimum atomic E-state index is -0.532. The van der Waals surface area contributed by atoms with Crippen LogP contribution in [0, 0.1) is 11.7 Å². The molecule has 0 spiro atoms. The zero-order chi connectivity index (χ0) is 29.5. The number of H-pyrrole nitrogens is 1. The summed E-state index contributed by atoms with van der Waals surface area (Å²) in [4.78, 5) is 24.2. The molecule has 0 unspecified atom stereocenters. The quantitative estimate of drug-likeness (QED) is 0.0896. The van der Waals surface area contributed by atoms with Gasteiger partial charge in [0.05, 0.1) is 16.4 Å². The predicted molar refractivity (Wildman–Crippen MR) is 163 cm³/mol. The number of rotatable bonds is 13. The fourth-order valence-electron chi connectivity index (χ4n) is 4.70. The summed E-state index contributed by atoms with van der Waals surface area (Å²) in [7, 11) is 0. The van der Waals surface area contributed by atoms with Gasteiger partial charge in [-0.2, -0.15) is 4.98 Å². The Morgan fingerprint density at radius 2 is 1.95 bits per heavy atom. The van der Waals surface area contributed by atoms with Crippen molar-refractivity contribution in [1.82, 2.24) is 19.9 Å². The molecule has 0 aliphatic carbocycles. The number of fused-ring (bicyclic) bond motifs is 1. The molecule has 0 bridgehead atoms. The Labute approximate surface area is 243 Å². The number of aliphatic hydroxyl groups excluding tert-OH is 1. The number of nitrogens with one attached hydrogen (secondary N) is 2. The van der Waals surface area contributed by atoms with Crippen LogP contribution < -0.4 is 22.5 Å². The molecule has 0 aliphatic rings. The van der Waals surface area contributed by atoms with E-state index in [4.69, 9.17) is 23.1 Å². The number of aromatic amines is 1. The first-order valence-electron chi connectivity index (χ1n) is 13.8. The third kappa shape index (κ3) is 7.72. The highest BCUT2D eigenvalue weighted by Crippen LogP contribution is 2.31. The molecule has 11 heteroatoms. The number of aliphatic hydroxyl groups is 1. The Bertz CT molecular complexity index is 1560. The van der Waals surface area contributed by atoms with Crippen molar-refractivity contribution in [3.8, 4) is 16.9 Å². The molecule has 2 aromatic heterocycles. The van der Waals surface area contributed by atoms with Gasteiger partial charge in [-0.25, -0.2) is 9.18 Å². The van der Waals surface area contributed by atoms with Gasteiger partial charge in [0, 0.05) is 36.3 Å². The first kappa shape index (κ1) is 30.2. The number of aromatic nitrogens is 3. The Hall–Kier alpha value is -3.73. The monoisotopic (exact) mass is 581 g/mol. The zero-order valence-corrected chi connectivity index (χ0v) is 24.1. The number of benzene rings is 2. The van der Waals surface area contributed by atoms with E-state index < -0.39 is 11.5 Å². The summed E-state index contributed by atoms with van der Waals surface area (Å²) in [5.74, 6) is -0.230. The lowest BCUT2D eigenvalue weighted by molar-refractivity contribution is 0.228. The Morgan fingerprint density at radius 3 is 2.66 bits per heavy atom. The molecule has 7 N–H and O–H groups in total. The van der Waals surface area contributed by atoms with Gasteiger partial charge in [-0.1, -0.05) is 30.7 Å². The van der Waals surface area contributed by atoms with Gasteiger partial charge in [-0.3, -0.25) is 9.56 Å². The molecule has 0 aliphatic heterocycles. The number of hydrogen-bond acceptors (Lipinski definition) is 5. The normalized spacial score (nSPS) is 12.9. The van der Waals surface area contributed by atoms with Crippen LogP contribution in [0.25, 0.3) is 28.0 Å². The van der Waals surface area contributed by atoms with E-state index in [1.165, 1.54) is 4.57 Å². The average molecular weight is 582 g/mol. The minimum Gasteiger partial charge on any atom is -0.396 e. The molecule has 0 radical (unpaired) electrons. The van der Waals surface area contributed by atoms with Crippen LogP contribution >= 0.6 is 11.6 Å². The van der Waals surface area contributed by atoms with Crippen molar-refractivity contribution in [2.45, 2.75) is 45.6 Å². The Kier molecular flexibility index (Phi) is 10.1. The highest BCUT2D eigenvalue weighted by Gasteiger charge is 2.16. The third-order valence-electron chi connectivity index (χ3n) is 7.11. The van der Waals surface area contributed by atoms with E-state index in [0.717, 1.165) is 36.9 Å². The van der Waals surface area contributed by atoms with Crippen LogP contribution in [0.3, 0.4) is 0 Å². The standard InChI is InChI=1S/C30H37ClFN7O2/c1-18(17-40)5-3-6-20-13-24(27(32)25(31)14-20)26-15-22-16-39(30(41)38-28(22)37-26)23-9-7-21(8-10-23)19(2)35-11-4-12-36-29(33)34/h7-10,13-16,18-19,35,40H,3-6,11-12,17H2,1-2H3,(H4,33,34,36)(H,37,38,41)/t18-,19+/m1/s1. The second-order valence-corrected chi connectivity index (χ2v) is 10.8. The summed E-state index contributed by atoms with van der Waals surface area (Å²) in [6.07, 6.45) is 4.93. The van der Waals surface area contributed by atoms with E-state index in [9.17, 15) is 9.90 Å².